The second kappa shape index (κ2) is 4.66. The van der Waals surface area contributed by atoms with Crippen LogP contribution in [0, 0.1) is 0 Å². The summed E-state index contributed by atoms with van der Waals surface area (Å²) in [5, 5.41) is 0. The van der Waals surface area contributed by atoms with E-state index in [1.54, 1.807) is 6.08 Å². The molecule has 1 rings (SSSR count). The molecule has 0 aliphatic heterocycles. The van der Waals surface area contributed by atoms with E-state index in [-0.39, 0.29) is 5.75 Å². The highest BCUT2D eigenvalue weighted by atomic mass is 35.7. The number of allylic oxidation sites excluding steroid dienone is 1. The molecule has 5 heteroatoms. The Morgan fingerprint density at radius 2 is 2.29 bits per heavy atom. The summed E-state index contributed by atoms with van der Waals surface area (Å²) in [4.78, 5) is 0. The van der Waals surface area contributed by atoms with Crippen molar-refractivity contribution in [3.8, 4) is 0 Å². The lowest BCUT2D eigenvalue weighted by molar-refractivity contribution is 0.609. The Morgan fingerprint density at radius 1 is 1.57 bits per heavy atom. The van der Waals surface area contributed by atoms with E-state index in [0.29, 0.717) is 6.42 Å². The van der Waals surface area contributed by atoms with E-state index in [0.717, 1.165) is 5.56 Å². The van der Waals surface area contributed by atoms with E-state index in [1.807, 2.05) is 36.2 Å². The SMILES string of the molecule is Cn1ccc(/C=C/CCS(=O)(=O)Cl)c1. The molecule has 0 saturated heterocycles. The predicted octanol–water partition coefficient (Wildman–Crippen LogP) is 2.00. The number of hydrogen-bond acceptors (Lipinski definition) is 2. The Hall–Kier alpha value is -0.740. The molecule has 1 aromatic rings. The van der Waals surface area contributed by atoms with Gasteiger partial charge in [0.05, 0.1) is 5.75 Å². The van der Waals surface area contributed by atoms with Gasteiger partial charge >= 0.3 is 0 Å². The molecule has 1 heterocycles. The maximum absolute atomic E-state index is 10.6. The normalized spacial score (nSPS) is 12.4. The van der Waals surface area contributed by atoms with Gasteiger partial charge in [-0.2, -0.15) is 0 Å². The smallest absolute Gasteiger partial charge is 0.232 e. The fraction of sp³-hybridized carbons (Fsp3) is 0.333. The van der Waals surface area contributed by atoms with Gasteiger partial charge in [-0.3, -0.25) is 0 Å². The molecule has 0 radical (unpaired) electrons. The van der Waals surface area contributed by atoms with Crippen molar-refractivity contribution < 1.29 is 8.42 Å². The Bertz CT molecular complexity index is 420. The van der Waals surface area contributed by atoms with E-state index in [1.165, 1.54) is 0 Å². The number of halogens is 1. The van der Waals surface area contributed by atoms with Crippen molar-refractivity contribution in [3.05, 3.63) is 30.1 Å². The van der Waals surface area contributed by atoms with Crippen LogP contribution in [0.2, 0.25) is 0 Å². The van der Waals surface area contributed by atoms with Crippen molar-refractivity contribution in [1.29, 1.82) is 0 Å². The van der Waals surface area contributed by atoms with Crippen LogP contribution in [0.1, 0.15) is 12.0 Å². The van der Waals surface area contributed by atoms with Crippen LogP contribution in [0.15, 0.2) is 24.5 Å². The van der Waals surface area contributed by atoms with E-state index in [9.17, 15) is 8.42 Å². The van der Waals surface area contributed by atoms with Crippen molar-refractivity contribution in [2.45, 2.75) is 6.42 Å². The minimum atomic E-state index is -3.36. The zero-order chi connectivity index (χ0) is 10.6. The van der Waals surface area contributed by atoms with Crippen LogP contribution in [0.25, 0.3) is 6.08 Å². The first-order valence-corrected chi connectivity index (χ1v) is 6.66. The number of hydrogen-bond donors (Lipinski definition) is 0. The average molecular weight is 234 g/mol. The average Bonchev–Trinajstić information content (AvgIpc) is 2.44. The number of rotatable bonds is 4. The summed E-state index contributed by atoms with van der Waals surface area (Å²) in [7, 11) is 3.63. The molecule has 0 spiro atoms. The standard InChI is InChI=1S/C9H12ClNO2S/c1-11-6-5-9(8-11)4-2-3-7-14(10,12)13/h2,4-6,8H,3,7H2,1H3/b4-2+. The Morgan fingerprint density at radius 3 is 2.79 bits per heavy atom. The number of nitrogens with zero attached hydrogens (tertiary/aromatic N) is 1. The van der Waals surface area contributed by atoms with Gasteiger partial charge in [0.25, 0.3) is 0 Å². The molecular weight excluding hydrogens is 222 g/mol. The van der Waals surface area contributed by atoms with Gasteiger partial charge in [0.15, 0.2) is 0 Å². The molecule has 0 aliphatic rings. The van der Waals surface area contributed by atoms with Crippen LogP contribution in [0.4, 0.5) is 0 Å². The van der Waals surface area contributed by atoms with Crippen LogP contribution >= 0.6 is 10.7 Å². The van der Waals surface area contributed by atoms with E-state index < -0.39 is 9.05 Å². The molecule has 0 N–H and O–H groups in total. The fourth-order valence-corrected chi connectivity index (χ4v) is 1.74. The molecule has 0 amide bonds. The highest BCUT2D eigenvalue weighted by molar-refractivity contribution is 8.13. The summed E-state index contributed by atoms with van der Waals surface area (Å²) in [6.45, 7) is 0. The number of aryl methyl sites for hydroxylation is 1. The molecule has 78 valence electrons. The highest BCUT2D eigenvalue weighted by Gasteiger charge is 2.01. The Balaban J connectivity index is 2.42. The molecule has 0 aliphatic carbocycles. The van der Waals surface area contributed by atoms with Gasteiger partial charge in [0.1, 0.15) is 0 Å². The minimum absolute atomic E-state index is 0.0160. The van der Waals surface area contributed by atoms with Gasteiger partial charge in [-0.15, -0.1) is 0 Å². The Labute approximate surface area is 88.4 Å². The van der Waals surface area contributed by atoms with E-state index >= 15 is 0 Å². The second-order valence-corrected chi connectivity index (χ2v) is 5.94. The monoisotopic (exact) mass is 233 g/mol. The van der Waals surface area contributed by atoms with Crippen molar-refractivity contribution in [2.75, 3.05) is 5.75 Å². The van der Waals surface area contributed by atoms with Gasteiger partial charge in [-0.25, -0.2) is 8.42 Å². The van der Waals surface area contributed by atoms with Crippen molar-refractivity contribution in [1.82, 2.24) is 4.57 Å². The topological polar surface area (TPSA) is 39.1 Å². The lowest BCUT2D eigenvalue weighted by Crippen LogP contribution is -1.94. The quantitative estimate of drug-likeness (QED) is 0.747. The van der Waals surface area contributed by atoms with Crippen LogP contribution in [0.5, 0.6) is 0 Å². The minimum Gasteiger partial charge on any atom is -0.357 e. The third-order valence-electron chi connectivity index (χ3n) is 1.69. The molecule has 0 fully saturated rings. The molecule has 3 nitrogen and oxygen atoms in total. The van der Waals surface area contributed by atoms with Crippen molar-refractivity contribution in [3.63, 3.8) is 0 Å². The second-order valence-electron chi connectivity index (χ2n) is 3.04. The molecule has 0 unspecified atom stereocenters. The first-order valence-electron chi connectivity index (χ1n) is 4.18. The Kier molecular flexibility index (Phi) is 3.77. The molecule has 0 atom stereocenters. The van der Waals surface area contributed by atoms with Gasteiger partial charge < -0.3 is 4.57 Å². The number of aromatic nitrogens is 1. The van der Waals surface area contributed by atoms with Crippen LogP contribution in [-0.2, 0) is 16.1 Å². The summed E-state index contributed by atoms with van der Waals surface area (Å²) in [6, 6.07) is 1.95. The highest BCUT2D eigenvalue weighted by Crippen LogP contribution is 2.05. The molecule has 14 heavy (non-hydrogen) atoms. The summed E-state index contributed by atoms with van der Waals surface area (Å²) < 4.78 is 23.1. The zero-order valence-electron chi connectivity index (χ0n) is 7.85. The molecule has 0 saturated carbocycles. The van der Waals surface area contributed by atoms with Gasteiger partial charge in [0.2, 0.25) is 9.05 Å². The lowest BCUT2D eigenvalue weighted by Gasteiger charge is -1.89. The maximum Gasteiger partial charge on any atom is 0.232 e. The van der Waals surface area contributed by atoms with Crippen LogP contribution in [-0.4, -0.2) is 18.7 Å². The first kappa shape index (κ1) is 11.3. The maximum atomic E-state index is 10.6. The summed E-state index contributed by atoms with van der Waals surface area (Å²) in [6.07, 6.45) is 8.00. The molecule has 0 bridgehead atoms. The largest absolute Gasteiger partial charge is 0.357 e. The molecular formula is C9H12ClNO2S. The van der Waals surface area contributed by atoms with Crippen LogP contribution in [0.3, 0.4) is 0 Å². The summed E-state index contributed by atoms with van der Waals surface area (Å²) in [5.74, 6) is -0.0160. The predicted molar refractivity (Wildman–Crippen MR) is 58.7 cm³/mol. The zero-order valence-corrected chi connectivity index (χ0v) is 9.42. The third kappa shape index (κ3) is 4.48. The van der Waals surface area contributed by atoms with Gasteiger partial charge in [0, 0.05) is 30.1 Å². The summed E-state index contributed by atoms with van der Waals surface area (Å²) >= 11 is 0. The van der Waals surface area contributed by atoms with Crippen LogP contribution < -0.4 is 0 Å². The lowest BCUT2D eigenvalue weighted by atomic mass is 10.3. The molecule has 1 aromatic heterocycles. The third-order valence-corrected chi connectivity index (χ3v) is 2.88. The van der Waals surface area contributed by atoms with E-state index in [2.05, 4.69) is 0 Å². The fourth-order valence-electron chi connectivity index (χ4n) is 1.05. The first-order chi connectivity index (χ1) is 6.47. The van der Waals surface area contributed by atoms with Crippen molar-refractivity contribution in [2.24, 2.45) is 7.05 Å². The van der Waals surface area contributed by atoms with Gasteiger partial charge in [-0.05, 0) is 18.1 Å². The summed E-state index contributed by atoms with van der Waals surface area (Å²) in [5.41, 5.74) is 1.06. The van der Waals surface area contributed by atoms with E-state index in [4.69, 9.17) is 10.7 Å². The van der Waals surface area contributed by atoms with Gasteiger partial charge in [-0.1, -0.05) is 12.2 Å². The molecule has 0 aromatic carbocycles. The van der Waals surface area contributed by atoms with Crippen molar-refractivity contribution >= 4 is 25.8 Å².